The third kappa shape index (κ3) is 15.8. The van der Waals surface area contributed by atoms with Crippen LogP contribution in [0.5, 0.6) is 0 Å². The van der Waals surface area contributed by atoms with E-state index in [0.29, 0.717) is 22.8 Å². The normalized spacial score (nSPS) is 13.9. The minimum Gasteiger partial charge on any atom is -0.0910 e. The van der Waals surface area contributed by atoms with Gasteiger partial charge in [0.1, 0.15) is 0 Å². The van der Waals surface area contributed by atoms with Crippen molar-refractivity contribution in [2.24, 2.45) is 5.92 Å². The van der Waals surface area contributed by atoms with Gasteiger partial charge in [-0.25, -0.2) is 0 Å². The largest absolute Gasteiger partial charge is 0.191 e. The fourth-order valence-electron chi connectivity index (χ4n) is 2.87. The number of alkyl halides is 3. The van der Waals surface area contributed by atoms with Gasteiger partial charge in [-0.15, -0.1) is 0 Å². The summed E-state index contributed by atoms with van der Waals surface area (Å²) in [5, 5.41) is 1.04. The van der Waals surface area contributed by atoms with E-state index in [1.165, 1.54) is 64.2 Å². The molecule has 0 aliphatic carbocycles. The highest BCUT2D eigenvalue weighted by Crippen LogP contribution is 2.45. The average Bonchev–Trinajstić information content (AvgIpc) is 2.49. The molecule has 5 heteroatoms. The molecule has 0 aromatic heterocycles. The summed E-state index contributed by atoms with van der Waals surface area (Å²) in [7, 11) is 3.89. The van der Waals surface area contributed by atoms with Gasteiger partial charge in [0.15, 0.2) is 3.79 Å². The van der Waals surface area contributed by atoms with Gasteiger partial charge in [0.05, 0.1) is 0 Å². The Morgan fingerprint density at radius 1 is 0.750 bits per heavy atom. The van der Waals surface area contributed by atoms with Crippen molar-refractivity contribution in [1.29, 1.82) is 0 Å². The highest BCUT2D eigenvalue weighted by atomic mass is 35.6. The predicted molar refractivity (Wildman–Crippen MR) is 120 cm³/mol. The Kier molecular flexibility index (Phi) is 16.6. The lowest BCUT2D eigenvalue weighted by molar-refractivity contribution is 0.386. The Morgan fingerprint density at radius 3 is 1.62 bits per heavy atom. The van der Waals surface area contributed by atoms with Gasteiger partial charge in [-0.05, 0) is 18.8 Å². The van der Waals surface area contributed by atoms with Crippen LogP contribution in [0.1, 0.15) is 98.3 Å². The summed E-state index contributed by atoms with van der Waals surface area (Å²) in [5.41, 5.74) is 0. The zero-order chi connectivity index (χ0) is 18.4. The molecule has 0 heterocycles. The van der Waals surface area contributed by atoms with E-state index in [-0.39, 0.29) is 0 Å². The lowest BCUT2D eigenvalue weighted by Gasteiger charge is -2.29. The van der Waals surface area contributed by atoms with Gasteiger partial charge in [0.25, 0.3) is 0 Å². The van der Waals surface area contributed by atoms with Crippen molar-refractivity contribution >= 4 is 56.4 Å². The van der Waals surface area contributed by atoms with Crippen molar-refractivity contribution < 1.29 is 0 Å². The quantitative estimate of drug-likeness (QED) is 0.143. The first kappa shape index (κ1) is 25.6. The molecule has 0 saturated heterocycles. The molecule has 1 atom stereocenters. The molecule has 0 saturated carbocycles. The summed E-state index contributed by atoms with van der Waals surface area (Å²) in [4.78, 5) is 0. The van der Waals surface area contributed by atoms with Crippen LogP contribution in [0.25, 0.3) is 0 Å². The molecule has 0 amide bonds. The van der Waals surface area contributed by atoms with Crippen LogP contribution in [0.4, 0.5) is 0 Å². The van der Waals surface area contributed by atoms with Crippen LogP contribution in [0.15, 0.2) is 0 Å². The number of halogens is 3. The summed E-state index contributed by atoms with van der Waals surface area (Å²) in [6.45, 7) is 9.01. The third-order valence-electron chi connectivity index (χ3n) is 4.19. The third-order valence-corrected chi connectivity index (χ3v) is 8.17. The van der Waals surface area contributed by atoms with Crippen LogP contribution in [0.3, 0.4) is 0 Å². The molecule has 0 aliphatic rings. The molecule has 0 bridgehead atoms. The molecule has 24 heavy (non-hydrogen) atoms. The van der Waals surface area contributed by atoms with Crippen molar-refractivity contribution in [3.63, 3.8) is 0 Å². The maximum absolute atomic E-state index is 6.16. The molecule has 0 fully saturated rings. The van der Waals surface area contributed by atoms with Crippen LogP contribution in [-0.2, 0) is 0 Å². The molecule has 0 unspecified atom stereocenters. The summed E-state index contributed by atoms with van der Waals surface area (Å²) >= 11 is 18.5. The molecule has 0 aromatic rings. The molecule has 146 valence electrons. The molecular formula is C19H37Cl3S2. The standard InChI is InChI=1S/C19H37Cl3S2/c1-5-7-9-11-13-17(14-12-10-8-6-2)18(15-19(20,21)22)24-23-16(3)4/h16-18H,5-15H2,1-4H3/t18-/m1/s1. The minimum absolute atomic E-state index is 0.438. The van der Waals surface area contributed by atoms with Gasteiger partial charge < -0.3 is 0 Å². The second-order valence-corrected chi connectivity index (χ2v) is 12.7. The van der Waals surface area contributed by atoms with Crippen molar-refractivity contribution in [3.05, 3.63) is 0 Å². The highest BCUT2D eigenvalue weighted by Gasteiger charge is 2.31. The van der Waals surface area contributed by atoms with Gasteiger partial charge in [-0.1, -0.05) is 135 Å². The van der Waals surface area contributed by atoms with Gasteiger partial charge in [-0.2, -0.15) is 0 Å². The van der Waals surface area contributed by atoms with Gasteiger partial charge in [0, 0.05) is 16.9 Å². The topological polar surface area (TPSA) is 0 Å². The average molecular weight is 436 g/mol. The van der Waals surface area contributed by atoms with E-state index in [4.69, 9.17) is 34.8 Å². The Hall–Kier alpha value is 1.57. The number of hydrogen-bond acceptors (Lipinski definition) is 2. The van der Waals surface area contributed by atoms with E-state index in [9.17, 15) is 0 Å². The van der Waals surface area contributed by atoms with E-state index < -0.39 is 3.79 Å². The molecule has 0 aliphatic heterocycles. The summed E-state index contributed by atoms with van der Waals surface area (Å²) in [6.07, 6.45) is 13.8. The van der Waals surface area contributed by atoms with E-state index in [1.54, 1.807) is 0 Å². The maximum atomic E-state index is 6.16. The van der Waals surface area contributed by atoms with E-state index in [0.717, 1.165) is 0 Å². The number of hydrogen-bond donors (Lipinski definition) is 0. The van der Waals surface area contributed by atoms with Crippen molar-refractivity contribution in [2.45, 2.75) is 113 Å². The van der Waals surface area contributed by atoms with Crippen LogP contribution in [0, 0.1) is 5.92 Å². The molecule has 0 radical (unpaired) electrons. The van der Waals surface area contributed by atoms with Crippen LogP contribution in [0.2, 0.25) is 0 Å². The monoisotopic (exact) mass is 434 g/mol. The number of unbranched alkanes of at least 4 members (excludes halogenated alkanes) is 6. The first-order valence-corrected chi connectivity index (χ1v) is 13.1. The van der Waals surface area contributed by atoms with E-state index in [2.05, 4.69) is 27.7 Å². The molecule has 0 nitrogen and oxygen atoms in total. The lowest BCUT2D eigenvalue weighted by Crippen LogP contribution is -2.23. The first-order chi connectivity index (χ1) is 11.3. The van der Waals surface area contributed by atoms with Crippen molar-refractivity contribution in [3.8, 4) is 0 Å². The predicted octanol–water partition coefficient (Wildman–Crippen LogP) is 9.46. The zero-order valence-corrected chi connectivity index (χ0v) is 19.9. The minimum atomic E-state index is -1.14. The Balaban J connectivity index is 4.71. The van der Waals surface area contributed by atoms with Crippen LogP contribution < -0.4 is 0 Å². The SMILES string of the molecule is CCCCCCC(CCCCCC)[C@@H](CC(Cl)(Cl)Cl)SSC(C)C. The van der Waals surface area contributed by atoms with Crippen LogP contribution in [-0.4, -0.2) is 14.3 Å². The van der Waals surface area contributed by atoms with Gasteiger partial charge in [-0.3, -0.25) is 0 Å². The second kappa shape index (κ2) is 15.6. The van der Waals surface area contributed by atoms with Gasteiger partial charge >= 0.3 is 0 Å². The fraction of sp³-hybridized carbons (Fsp3) is 1.00. The highest BCUT2D eigenvalue weighted by molar-refractivity contribution is 8.77. The molecule has 0 spiro atoms. The zero-order valence-electron chi connectivity index (χ0n) is 16.0. The lowest BCUT2D eigenvalue weighted by atomic mass is 9.90. The summed E-state index contributed by atoms with van der Waals surface area (Å²) < 4.78 is -1.14. The van der Waals surface area contributed by atoms with Gasteiger partial charge in [0.2, 0.25) is 0 Å². The van der Waals surface area contributed by atoms with Crippen molar-refractivity contribution in [2.75, 3.05) is 0 Å². The number of rotatable bonds is 15. The molecule has 0 aromatic carbocycles. The summed E-state index contributed by atoms with van der Waals surface area (Å²) in [5.74, 6) is 0.672. The molecular weight excluding hydrogens is 399 g/mol. The Bertz CT molecular complexity index is 268. The second-order valence-electron chi connectivity index (χ2n) is 7.06. The Morgan fingerprint density at radius 2 is 1.25 bits per heavy atom. The van der Waals surface area contributed by atoms with E-state index >= 15 is 0 Å². The van der Waals surface area contributed by atoms with E-state index in [1.807, 2.05) is 21.6 Å². The molecule has 0 rings (SSSR count). The van der Waals surface area contributed by atoms with Crippen molar-refractivity contribution in [1.82, 2.24) is 0 Å². The molecule has 0 N–H and O–H groups in total. The van der Waals surface area contributed by atoms with Crippen LogP contribution >= 0.6 is 56.4 Å². The Labute approximate surface area is 174 Å². The summed E-state index contributed by atoms with van der Waals surface area (Å²) in [6, 6.07) is 0. The maximum Gasteiger partial charge on any atom is 0.191 e. The fourth-order valence-corrected chi connectivity index (χ4v) is 6.53. The first-order valence-electron chi connectivity index (χ1n) is 9.69. The smallest absolute Gasteiger partial charge is 0.0910 e.